The molecule has 0 N–H and O–H groups in total. The summed E-state index contributed by atoms with van der Waals surface area (Å²) in [5, 5.41) is 0. The van der Waals surface area contributed by atoms with Crippen molar-refractivity contribution in [2.24, 2.45) is 0 Å². The van der Waals surface area contributed by atoms with E-state index >= 15 is 0 Å². The molecule has 0 amide bonds. The van der Waals surface area contributed by atoms with Crippen LogP contribution in [0, 0.1) is 20.8 Å². The molecule has 1 heterocycles. The highest BCUT2D eigenvalue weighted by Crippen LogP contribution is 2.01. The van der Waals surface area contributed by atoms with E-state index in [1.165, 1.54) is 5.56 Å². The van der Waals surface area contributed by atoms with Crippen molar-refractivity contribution in [3.8, 4) is 0 Å². The maximum absolute atomic E-state index is 4.23. The summed E-state index contributed by atoms with van der Waals surface area (Å²) in [4.78, 5) is 4.23. The summed E-state index contributed by atoms with van der Waals surface area (Å²) in [5.74, 6) is 0. The number of aryl methyl sites for hydroxylation is 3. The zero-order chi connectivity index (χ0) is 6.85. The van der Waals surface area contributed by atoms with Gasteiger partial charge in [-0.2, -0.15) is 0 Å². The number of aromatic nitrogens is 1. The van der Waals surface area contributed by atoms with Gasteiger partial charge in [0.2, 0.25) is 0 Å². The third kappa shape index (κ3) is 2.22. The van der Waals surface area contributed by atoms with Crippen LogP contribution in [0.3, 0.4) is 0 Å². The van der Waals surface area contributed by atoms with Crippen LogP contribution in [0.4, 0.5) is 0 Å². The standard InChI is InChI=1S/C8H11N.B/c1-6-4-7(2)9-8(3)5-6;/h4-5H,1-3H3;. The van der Waals surface area contributed by atoms with E-state index in [0.29, 0.717) is 0 Å². The first-order valence-corrected chi connectivity index (χ1v) is 3.10. The van der Waals surface area contributed by atoms with Crippen molar-refractivity contribution < 1.29 is 0 Å². The summed E-state index contributed by atoms with van der Waals surface area (Å²) >= 11 is 0. The normalized spacial score (nSPS) is 8.70. The molecule has 3 radical (unpaired) electrons. The fourth-order valence-corrected chi connectivity index (χ4v) is 1.04. The van der Waals surface area contributed by atoms with E-state index in [0.717, 1.165) is 11.4 Å². The molecular weight excluding hydrogens is 121 g/mol. The number of nitrogens with zero attached hydrogens (tertiary/aromatic N) is 1. The van der Waals surface area contributed by atoms with Gasteiger partial charge in [0.15, 0.2) is 0 Å². The molecule has 1 aromatic heterocycles. The molecule has 10 heavy (non-hydrogen) atoms. The summed E-state index contributed by atoms with van der Waals surface area (Å²) < 4.78 is 0. The molecule has 1 rings (SSSR count). The zero-order valence-corrected chi connectivity index (χ0v) is 6.68. The topological polar surface area (TPSA) is 12.9 Å². The maximum atomic E-state index is 4.23. The molecule has 1 aromatic rings. The van der Waals surface area contributed by atoms with Crippen LogP contribution in [0.2, 0.25) is 0 Å². The number of hydrogen-bond donors (Lipinski definition) is 0. The summed E-state index contributed by atoms with van der Waals surface area (Å²) in [6.45, 7) is 6.11. The van der Waals surface area contributed by atoms with Crippen molar-refractivity contribution in [2.45, 2.75) is 20.8 Å². The minimum absolute atomic E-state index is 0. The third-order valence-electron chi connectivity index (χ3n) is 1.23. The molecule has 0 spiro atoms. The average Bonchev–Trinajstić information content (AvgIpc) is 1.59. The molecule has 0 aromatic carbocycles. The van der Waals surface area contributed by atoms with Gasteiger partial charge < -0.3 is 0 Å². The van der Waals surface area contributed by atoms with Crippen molar-refractivity contribution in [2.75, 3.05) is 0 Å². The fraction of sp³-hybridized carbons (Fsp3) is 0.375. The highest BCUT2D eigenvalue weighted by atomic mass is 14.7. The molecule has 0 saturated heterocycles. The number of rotatable bonds is 0. The summed E-state index contributed by atoms with van der Waals surface area (Å²) in [7, 11) is 0. The second-order valence-electron chi connectivity index (χ2n) is 2.43. The van der Waals surface area contributed by atoms with E-state index < -0.39 is 0 Å². The Bertz CT molecular complexity index is 170. The Kier molecular flexibility index (Phi) is 3.13. The predicted molar refractivity (Wildman–Crippen MR) is 44.2 cm³/mol. The minimum Gasteiger partial charge on any atom is -0.258 e. The van der Waals surface area contributed by atoms with Gasteiger partial charge in [0.1, 0.15) is 0 Å². The van der Waals surface area contributed by atoms with Gasteiger partial charge in [0, 0.05) is 19.8 Å². The van der Waals surface area contributed by atoms with E-state index in [1.54, 1.807) is 0 Å². The van der Waals surface area contributed by atoms with Crippen LogP contribution < -0.4 is 0 Å². The van der Waals surface area contributed by atoms with Gasteiger partial charge in [-0.25, -0.2) is 0 Å². The van der Waals surface area contributed by atoms with Crippen molar-refractivity contribution in [1.82, 2.24) is 4.98 Å². The Balaban J connectivity index is 0.000000810. The van der Waals surface area contributed by atoms with E-state index in [9.17, 15) is 0 Å². The Morgan fingerprint density at radius 3 is 1.70 bits per heavy atom. The molecule has 0 fully saturated rings. The van der Waals surface area contributed by atoms with E-state index in [-0.39, 0.29) is 8.41 Å². The van der Waals surface area contributed by atoms with Gasteiger partial charge in [-0.1, -0.05) is 0 Å². The molecule has 0 unspecified atom stereocenters. The summed E-state index contributed by atoms with van der Waals surface area (Å²) in [6.07, 6.45) is 0. The predicted octanol–water partition coefficient (Wildman–Crippen LogP) is 1.63. The number of hydrogen-bond acceptors (Lipinski definition) is 1. The Morgan fingerprint density at radius 2 is 1.40 bits per heavy atom. The molecule has 0 saturated carbocycles. The van der Waals surface area contributed by atoms with Crippen LogP contribution in [0.25, 0.3) is 0 Å². The summed E-state index contributed by atoms with van der Waals surface area (Å²) in [6, 6.07) is 4.15. The lowest BCUT2D eigenvalue weighted by Crippen LogP contribution is -1.85. The molecule has 0 aliphatic carbocycles. The average molecular weight is 132 g/mol. The highest BCUT2D eigenvalue weighted by Gasteiger charge is 1.88. The van der Waals surface area contributed by atoms with Crippen molar-refractivity contribution in [1.29, 1.82) is 0 Å². The van der Waals surface area contributed by atoms with E-state index in [4.69, 9.17) is 0 Å². The van der Waals surface area contributed by atoms with Gasteiger partial charge in [-0.15, -0.1) is 0 Å². The molecule has 2 heteroatoms. The second kappa shape index (κ2) is 3.40. The largest absolute Gasteiger partial charge is 0.258 e. The first kappa shape index (κ1) is 9.21. The highest BCUT2D eigenvalue weighted by molar-refractivity contribution is 5.75. The zero-order valence-electron chi connectivity index (χ0n) is 6.68. The number of pyridine rings is 1. The molecule has 1 nitrogen and oxygen atoms in total. The van der Waals surface area contributed by atoms with Gasteiger partial charge in [0.25, 0.3) is 0 Å². The first-order chi connectivity index (χ1) is 4.18. The fourth-order valence-electron chi connectivity index (χ4n) is 1.04. The van der Waals surface area contributed by atoms with Gasteiger partial charge >= 0.3 is 0 Å². The summed E-state index contributed by atoms with van der Waals surface area (Å²) in [5.41, 5.74) is 3.50. The van der Waals surface area contributed by atoms with Crippen molar-refractivity contribution in [3.63, 3.8) is 0 Å². The Labute approximate surface area is 64.1 Å². The molecule has 0 aliphatic heterocycles. The van der Waals surface area contributed by atoms with E-state index in [2.05, 4.69) is 24.0 Å². The van der Waals surface area contributed by atoms with Crippen molar-refractivity contribution >= 4 is 8.41 Å². The first-order valence-electron chi connectivity index (χ1n) is 3.10. The van der Waals surface area contributed by atoms with Crippen LogP contribution in [0.15, 0.2) is 12.1 Å². The molecular formula is C8H11BN. The molecule has 51 valence electrons. The second-order valence-corrected chi connectivity index (χ2v) is 2.43. The van der Waals surface area contributed by atoms with Crippen LogP contribution >= 0.6 is 0 Å². The molecule has 0 aliphatic rings. The monoisotopic (exact) mass is 132 g/mol. The lowest BCUT2D eigenvalue weighted by Gasteiger charge is -1.96. The quantitative estimate of drug-likeness (QED) is 0.489. The molecule has 0 bridgehead atoms. The Morgan fingerprint density at radius 1 is 1.00 bits per heavy atom. The molecule has 0 atom stereocenters. The van der Waals surface area contributed by atoms with Gasteiger partial charge in [-0.05, 0) is 38.5 Å². The lowest BCUT2D eigenvalue weighted by molar-refractivity contribution is 1.10. The van der Waals surface area contributed by atoms with Crippen molar-refractivity contribution in [3.05, 3.63) is 29.1 Å². The van der Waals surface area contributed by atoms with Crippen LogP contribution in [-0.4, -0.2) is 13.4 Å². The van der Waals surface area contributed by atoms with E-state index in [1.807, 2.05) is 13.8 Å². The third-order valence-corrected chi connectivity index (χ3v) is 1.23. The smallest absolute Gasteiger partial charge is 0.0378 e. The SMILES string of the molecule is Cc1cc(C)nc(C)c1.[B]. The van der Waals surface area contributed by atoms with Gasteiger partial charge in [0.05, 0.1) is 0 Å². The lowest BCUT2D eigenvalue weighted by atomic mass is 10.2. The van der Waals surface area contributed by atoms with Crippen LogP contribution in [-0.2, 0) is 0 Å². The van der Waals surface area contributed by atoms with Crippen LogP contribution in [0.1, 0.15) is 17.0 Å². The van der Waals surface area contributed by atoms with Crippen LogP contribution in [0.5, 0.6) is 0 Å². The Hall–Kier alpha value is -0.785. The van der Waals surface area contributed by atoms with Gasteiger partial charge in [-0.3, -0.25) is 4.98 Å². The maximum Gasteiger partial charge on any atom is 0.0378 e. The minimum atomic E-state index is 0.